The van der Waals surface area contributed by atoms with E-state index >= 15 is 0 Å². The lowest BCUT2D eigenvalue weighted by molar-refractivity contribution is -0.154. The van der Waals surface area contributed by atoms with E-state index < -0.39 is 30.4 Å². The summed E-state index contributed by atoms with van der Waals surface area (Å²) in [5.41, 5.74) is -1.10. The Morgan fingerprint density at radius 1 is 0.971 bits per heavy atom. The molecule has 0 unspecified atom stereocenters. The van der Waals surface area contributed by atoms with Crippen LogP contribution in [0.5, 0.6) is 5.88 Å². The highest BCUT2D eigenvalue weighted by Gasteiger charge is 2.34. The van der Waals surface area contributed by atoms with Crippen LogP contribution < -0.4 is 10.1 Å². The zero-order valence-electron chi connectivity index (χ0n) is 18.3. The van der Waals surface area contributed by atoms with Gasteiger partial charge in [0.05, 0.1) is 23.4 Å². The van der Waals surface area contributed by atoms with Gasteiger partial charge in [0.25, 0.3) is 5.91 Å². The van der Waals surface area contributed by atoms with Crippen LogP contribution in [0.25, 0.3) is 0 Å². The number of aromatic nitrogens is 1. The number of rotatable bonds is 6. The Kier molecular flexibility index (Phi) is 8.20. The Hall–Kier alpha value is -3.35. The lowest BCUT2D eigenvalue weighted by atomic mass is 10.1. The Bertz CT molecular complexity index is 1030. The van der Waals surface area contributed by atoms with Crippen molar-refractivity contribution < 1.29 is 40.7 Å². The standard InChI is InChI=1S/C22H22F6N4O3/c23-21(24,25)14-35-19-7-6-15(12-29-19)20(34)32-9-3-8-31(10-11-32)13-18(33)30-17-5-2-1-4-16(17)22(26,27)28/h1-2,4-7,12H,3,8-11,13-14H2,(H,30,33). The number of para-hydroxylation sites is 1. The van der Waals surface area contributed by atoms with Gasteiger partial charge >= 0.3 is 12.4 Å². The number of halogens is 6. The fourth-order valence-electron chi connectivity index (χ4n) is 3.49. The molecule has 13 heteroatoms. The number of benzene rings is 1. The maximum atomic E-state index is 13.1. The maximum absolute atomic E-state index is 13.1. The number of ether oxygens (including phenoxy) is 1. The summed E-state index contributed by atoms with van der Waals surface area (Å²) in [6.45, 7) is -0.287. The summed E-state index contributed by atoms with van der Waals surface area (Å²) in [5.74, 6) is -1.26. The van der Waals surface area contributed by atoms with Crippen LogP contribution in [0.15, 0.2) is 42.6 Å². The molecule has 0 saturated carbocycles. The van der Waals surface area contributed by atoms with Crippen molar-refractivity contribution in [2.45, 2.75) is 18.8 Å². The third-order valence-electron chi connectivity index (χ3n) is 5.12. The van der Waals surface area contributed by atoms with Crippen LogP contribution in [0.2, 0.25) is 0 Å². The number of carbonyl (C=O) groups excluding carboxylic acids is 2. The van der Waals surface area contributed by atoms with Crippen LogP contribution in [0.1, 0.15) is 22.3 Å². The van der Waals surface area contributed by atoms with E-state index in [0.717, 1.165) is 12.3 Å². The highest BCUT2D eigenvalue weighted by Crippen LogP contribution is 2.34. The van der Waals surface area contributed by atoms with Crippen molar-refractivity contribution in [3.63, 3.8) is 0 Å². The van der Waals surface area contributed by atoms with Crippen molar-refractivity contribution in [1.82, 2.24) is 14.8 Å². The molecule has 1 N–H and O–H groups in total. The minimum absolute atomic E-state index is 0.152. The number of nitrogens with zero attached hydrogens (tertiary/aromatic N) is 3. The summed E-state index contributed by atoms with van der Waals surface area (Å²) in [4.78, 5) is 32.1. The van der Waals surface area contributed by atoms with Crippen LogP contribution in [-0.4, -0.2) is 72.1 Å². The van der Waals surface area contributed by atoms with Crippen LogP contribution in [-0.2, 0) is 11.0 Å². The quantitative estimate of drug-likeness (QED) is 0.606. The summed E-state index contributed by atoms with van der Waals surface area (Å²) in [6, 6.07) is 7.18. The van der Waals surface area contributed by atoms with E-state index in [1.54, 1.807) is 4.90 Å². The molecule has 0 aliphatic carbocycles. The van der Waals surface area contributed by atoms with Crippen molar-refractivity contribution in [2.24, 2.45) is 0 Å². The molecule has 1 fully saturated rings. The van der Waals surface area contributed by atoms with E-state index in [4.69, 9.17) is 0 Å². The Balaban J connectivity index is 1.53. The zero-order valence-corrected chi connectivity index (χ0v) is 18.3. The molecular formula is C22H22F6N4O3. The third-order valence-corrected chi connectivity index (χ3v) is 5.12. The first kappa shape index (κ1) is 26.3. The summed E-state index contributed by atoms with van der Waals surface area (Å²) in [7, 11) is 0. The highest BCUT2D eigenvalue weighted by atomic mass is 19.4. The van der Waals surface area contributed by atoms with Crippen molar-refractivity contribution in [3.05, 3.63) is 53.7 Å². The van der Waals surface area contributed by atoms with Crippen molar-refractivity contribution in [3.8, 4) is 5.88 Å². The summed E-state index contributed by atoms with van der Waals surface area (Å²) >= 11 is 0. The number of anilines is 1. The van der Waals surface area contributed by atoms with Gasteiger partial charge in [-0.2, -0.15) is 26.3 Å². The molecular weight excluding hydrogens is 482 g/mol. The van der Waals surface area contributed by atoms with Gasteiger partial charge in [-0.1, -0.05) is 12.1 Å². The lowest BCUT2D eigenvalue weighted by Gasteiger charge is -2.22. The average molecular weight is 504 g/mol. The molecule has 0 radical (unpaired) electrons. The molecule has 2 amide bonds. The first-order valence-corrected chi connectivity index (χ1v) is 10.6. The first-order chi connectivity index (χ1) is 16.4. The topological polar surface area (TPSA) is 74.8 Å². The fourth-order valence-corrected chi connectivity index (χ4v) is 3.49. The van der Waals surface area contributed by atoms with Crippen LogP contribution >= 0.6 is 0 Å². The number of carbonyl (C=O) groups is 2. The van der Waals surface area contributed by atoms with Gasteiger partial charge in [0.1, 0.15) is 0 Å². The molecule has 0 spiro atoms. The van der Waals surface area contributed by atoms with Crippen LogP contribution in [0.3, 0.4) is 0 Å². The van der Waals surface area contributed by atoms with Crippen LogP contribution in [0.4, 0.5) is 32.0 Å². The normalized spacial score (nSPS) is 15.4. The van der Waals surface area contributed by atoms with Crippen LogP contribution in [0, 0.1) is 0 Å². The van der Waals surface area contributed by atoms with E-state index in [1.807, 2.05) is 0 Å². The summed E-state index contributed by atoms with van der Waals surface area (Å²) < 4.78 is 80.6. The van der Waals surface area contributed by atoms with E-state index in [2.05, 4.69) is 15.0 Å². The molecule has 0 bridgehead atoms. The summed E-state index contributed by atoms with van der Waals surface area (Å²) in [5, 5.41) is 2.30. The molecule has 1 saturated heterocycles. The number of pyridine rings is 1. The van der Waals surface area contributed by atoms with Crippen molar-refractivity contribution in [2.75, 3.05) is 44.6 Å². The Morgan fingerprint density at radius 3 is 2.37 bits per heavy atom. The Morgan fingerprint density at radius 2 is 1.71 bits per heavy atom. The minimum atomic E-state index is -4.61. The lowest BCUT2D eigenvalue weighted by Crippen LogP contribution is -2.38. The maximum Gasteiger partial charge on any atom is 0.422 e. The van der Waals surface area contributed by atoms with Gasteiger partial charge in [-0.25, -0.2) is 4.98 Å². The van der Waals surface area contributed by atoms with E-state index in [-0.39, 0.29) is 36.1 Å². The number of hydrogen-bond acceptors (Lipinski definition) is 5. The second kappa shape index (κ2) is 10.9. The fraction of sp³-hybridized carbons (Fsp3) is 0.409. The Labute approximate surface area is 196 Å². The van der Waals surface area contributed by atoms with Gasteiger partial charge < -0.3 is 15.0 Å². The van der Waals surface area contributed by atoms with Crippen molar-refractivity contribution in [1.29, 1.82) is 0 Å². The van der Waals surface area contributed by atoms with E-state index in [1.165, 1.54) is 35.2 Å². The molecule has 1 aliphatic heterocycles. The minimum Gasteiger partial charge on any atom is -0.468 e. The predicted molar refractivity (Wildman–Crippen MR) is 113 cm³/mol. The zero-order chi connectivity index (χ0) is 25.6. The SMILES string of the molecule is O=C(CN1CCCN(C(=O)c2ccc(OCC(F)(F)F)nc2)CC1)Nc1ccccc1C(F)(F)F. The molecule has 2 heterocycles. The number of nitrogens with one attached hydrogen (secondary N) is 1. The molecule has 35 heavy (non-hydrogen) atoms. The summed E-state index contributed by atoms with van der Waals surface area (Å²) in [6.07, 6.45) is -7.47. The number of amides is 2. The van der Waals surface area contributed by atoms with Gasteiger partial charge in [0.2, 0.25) is 11.8 Å². The second-order valence-corrected chi connectivity index (χ2v) is 7.80. The van der Waals surface area contributed by atoms with Gasteiger partial charge in [0, 0.05) is 38.4 Å². The molecule has 1 aromatic heterocycles. The van der Waals surface area contributed by atoms with Gasteiger partial charge in [-0.3, -0.25) is 14.5 Å². The van der Waals surface area contributed by atoms with E-state index in [9.17, 15) is 35.9 Å². The molecule has 7 nitrogen and oxygen atoms in total. The van der Waals surface area contributed by atoms with Gasteiger partial charge in [0.15, 0.2) is 6.61 Å². The molecule has 3 rings (SSSR count). The smallest absolute Gasteiger partial charge is 0.422 e. The highest BCUT2D eigenvalue weighted by molar-refractivity contribution is 5.94. The van der Waals surface area contributed by atoms with Gasteiger partial charge in [-0.05, 0) is 24.6 Å². The second-order valence-electron chi connectivity index (χ2n) is 7.80. The van der Waals surface area contributed by atoms with E-state index in [0.29, 0.717) is 26.1 Å². The molecule has 1 aromatic carbocycles. The molecule has 1 aliphatic rings. The predicted octanol–water partition coefficient (Wildman–Crippen LogP) is 3.83. The molecule has 0 atom stereocenters. The molecule has 2 aromatic rings. The first-order valence-electron chi connectivity index (χ1n) is 10.6. The third kappa shape index (κ3) is 7.84. The number of hydrogen-bond donors (Lipinski definition) is 1. The largest absolute Gasteiger partial charge is 0.468 e. The number of alkyl halides is 6. The van der Waals surface area contributed by atoms with Crippen molar-refractivity contribution >= 4 is 17.5 Å². The molecule has 190 valence electrons. The van der Waals surface area contributed by atoms with Gasteiger partial charge in [-0.15, -0.1) is 0 Å². The monoisotopic (exact) mass is 504 g/mol. The average Bonchev–Trinajstić information content (AvgIpc) is 3.02.